The SMILES string of the molecule is COc1ccc(CNC(=O)C/C(C)=N/NC(=O)c2cccc([N+](=O)[O-])c2)cc1. The summed E-state index contributed by atoms with van der Waals surface area (Å²) in [6.45, 7) is 1.96. The minimum Gasteiger partial charge on any atom is -0.497 e. The summed E-state index contributed by atoms with van der Waals surface area (Å²) in [4.78, 5) is 34.2. The molecule has 0 aliphatic heterocycles. The van der Waals surface area contributed by atoms with E-state index in [-0.39, 0.29) is 23.6 Å². The van der Waals surface area contributed by atoms with Crippen molar-refractivity contribution >= 4 is 23.2 Å². The van der Waals surface area contributed by atoms with E-state index in [1.54, 1.807) is 26.2 Å². The molecule has 0 radical (unpaired) electrons. The van der Waals surface area contributed by atoms with Crippen molar-refractivity contribution in [3.8, 4) is 5.75 Å². The van der Waals surface area contributed by atoms with Gasteiger partial charge in [0.15, 0.2) is 0 Å². The minimum atomic E-state index is -0.596. The molecule has 9 heteroatoms. The Kier molecular flexibility index (Phi) is 7.21. The highest BCUT2D eigenvalue weighted by Crippen LogP contribution is 2.13. The van der Waals surface area contributed by atoms with Gasteiger partial charge in [-0.1, -0.05) is 18.2 Å². The van der Waals surface area contributed by atoms with E-state index in [1.165, 1.54) is 18.2 Å². The molecular weight excluding hydrogens is 364 g/mol. The molecule has 2 aromatic carbocycles. The molecule has 0 spiro atoms. The number of hydrogen-bond donors (Lipinski definition) is 2. The molecule has 0 saturated carbocycles. The van der Waals surface area contributed by atoms with Crippen LogP contribution in [0.5, 0.6) is 5.75 Å². The Bertz CT molecular complexity index is 893. The summed E-state index contributed by atoms with van der Waals surface area (Å²) in [6.07, 6.45) is 0.00533. The van der Waals surface area contributed by atoms with Gasteiger partial charge in [-0.2, -0.15) is 5.10 Å². The topological polar surface area (TPSA) is 123 Å². The summed E-state index contributed by atoms with van der Waals surface area (Å²) >= 11 is 0. The maximum atomic E-state index is 12.0. The molecule has 0 bridgehead atoms. The van der Waals surface area contributed by atoms with Gasteiger partial charge in [-0.15, -0.1) is 0 Å². The van der Waals surface area contributed by atoms with Crippen LogP contribution in [0.25, 0.3) is 0 Å². The van der Waals surface area contributed by atoms with Gasteiger partial charge in [0, 0.05) is 30.0 Å². The molecule has 0 atom stereocenters. The Morgan fingerprint density at radius 3 is 2.54 bits per heavy atom. The van der Waals surface area contributed by atoms with Crippen LogP contribution in [0.15, 0.2) is 53.6 Å². The Balaban J connectivity index is 1.83. The van der Waals surface area contributed by atoms with Gasteiger partial charge in [0.05, 0.1) is 18.5 Å². The van der Waals surface area contributed by atoms with E-state index < -0.39 is 10.8 Å². The van der Waals surface area contributed by atoms with Crippen LogP contribution in [0.4, 0.5) is 5.69 Å². The molecule has 28 heavy (non-hydrogen) atoms. The normalized spacial score (nSPS) is 10.9. The van der Waals surface area contributed by atoms with E-state index in [0.717, 1.165) is 17.4 Å². The Morgan fingerprint density at radius 2 is 1.89 bits per heavy atom. The van der Waals surface area contributed by atoms with Gasteiger partial charge >= 0.3 is 0 Å². The van der Waals surface area contributed by atoms with Crippen LogP contribution in [0, 0.1) is 10.1 Å². The number of methoxy groups -OCH3 is 1. The second kappa shape index (κ2) is 9.81. The number of carbonyl (C=O) groups is 2. The predicted octanol–water partition coefficient (Wildman–Crippen LogP) is 2.42. The zero-order valence-electron chi connectivity index (χ0n) is 15.5. The number of benzene rings is 2. The molecule has 2 rings (SSSR count). The number of hydrazone groups is 1. The first-order valence-electron chi connectivity index (χ1n) is 8.36. The average molecular weight is 384 g/mol. The number of amides is 2. The lowest BCUT2D eigenvalue weighted by Crippen LogP contribution is -2.26. The molecule has 0 aliphatic rings. The smallest absolute Gasteiger partial charge is 0.271 e. The van der Waals surface area contributed by atoms with E-state index in [0.29, 0.717) is 12.3 Å². The highest BCUT2D eigenvalue weighted by atomic mass is 16.6. The third-order valence-electron chi connectivity index (χ3n) is 3.73. The van der Waals surface area contributed by atoms with Crippen molar-refractivity contribution in [1.82, 2.24) is 10.7 Å². The van der Waals surface area contributed by atoms with Crippen LogP contribution in [-0.2, 0) is 11.3 Å². The van der Waals surface area contributed by atoms with Crippen LogP contribution < -0.4 is 15.5 Å². The fraction of sp³-hybridized carbons (Fsp3) is 0.211. The van der Waals surface area contributed by atoms with Crippen molar-refractivity contribution in [2.24, 2.45) is 5.10 Å². The number of carbonyl (C=O) groups excluding carboxylic acids is 2. The molecule has 0 unspecified atom stereocenters. The lowest BCUT2D eigenvalue weighted by molar-refractivity contribution is -0.384. The predicted molar refractivity (Wildman–Crippen MR) is 103 cm³/mol. The maximum absolute atomic E-state index is 12.0. The van der Waals surface area contributed by atoms with Gasteiger partial charge in [0.2, 0.25) is 5.91 Å². The average Bonchev–Trinajstić information content (AvgIpc) is 2.71. The first kappa shape index (κ1) is 20.6. The molecule has 0 saturated heterocycles. The van der Waals surface area contributed by atoms with Gasteiger partial charge in [-0.25, -0.2) is 5.43 Å². The van der Waals surface area contributed by atoms with E-state index >= 15 is 0 Å². The second-order valence-corrected chi connectivity index (χ2v) is 5.90. The number of hydrogen-bond acceptors (Lipinski definition) is 6. The number of nitrogens with zero attached hydrogens (tertiary/aromatic N) is 2. The number of nitro benzene ring substituents is 1. The lowest BCUT2D eigenvalue weighted by Gasteiger charge is -2.07. The molecule has 0 fully saturated rings. The molecule has 0 aromatic heterocycles. The summed E-state index contributed by atoms with van der Waals surface area (Å²) in [5, 5.41) is 17.4. The zero-order chi connectivity index (χ0) is 20.5. The zero-order valence-corrected chi connectivity index (χ0v) is 15.5. The molecule has 0 heterocycles. The molecule has 2 amide bonds. The van der Waals surface area contributed by atoms with Crippen molar-refractivity contribution in [2.75, 3.05) is 7.11 Å². The largest absolute Gasteiger partial charge is 0.497 e. The summed E-state index contributed by atoms with van der Waals surface area (Å²) < 4.78 is 5.07. The van der Waals surface area contributed by atoms with Gasteiger partial charge < -0.3 is 10.1 Å². The van der Waals surface area contributed by atoms with E-state index in [1.807, 2.05) is 12.1 Å². The second-order valence-electron chi connectivity index (χ2n) is 5.90. The first-order valence-corrected chi connectivity index (χ1v) is 8.36. The van der Waals surface area contributed by atoms with E-state index in [4.69, 9.17) is 4.74 Å². The van der Waals surface area contributed by atoms with Gasteiger partial charge in [-0.05, 0) is 30.7 Å². The number of rotatable bonds is 8. The summed E-state index contributed by atoms with van der Waals surface area (Å²) in [5.41, 5.74) is 3.52. The van der Waals surface area contributed by atoms with E-state index in [2.05, 4.69) is 15.8 Å². The van der Waals surface area contributed by atoms with Crippen molar-refractivity contribution in [3.05, 3.63) is 69.8 Å². The van der Waals surface area contributed by atoms with Crippen LogP contribution in [-0.4, -0.2) is 29.6 Å². The van der Waals surface area contributed by atoms with Crippen LogP contribution in [0.2, 0.25) is 0 Å². The fourth-order valence-corrected chi connectivity index (χ4v) is 2.25. The monoisotopic (exact) mass is 384 g/mol. The van der Waals surface area contributed by atoms with Crippen LogP contribution >= 0.6 is 0 Å². The number of nitrogens with one attached hydrogen (secondary N) is 2. The Morgan fingerprint density at radius 1 is 1.18 bits per heavy atom. The molecule has 146 valence electrons. The quantitative estimate of drug-likeness (QED) is 0.411. The van der Waals surface area contributed by atoms with Crippen LogP contribution in [0.3, 0.4) is 0 Å². The summed E-state index contributed by atoms with van der Waals surface area (Å²) in [5.74, 6) is -0.110. The highest BCUT2D eigenvalue weighted by Gasteiger charge is 2.11. The summed E-state index contributed by atoms with van der Waals surface area (Å²) in [6, 6.07) is 12.6. The third kappa shape index (κ3) is 6.20. The standard InChI is InChI=1S/C19H20N4O5/c1-13(10-18(24)20-12-14-6-8-17(28-2)9-7-14)21-22-19(25)15-4-3-5-16(11-15)23(26)27/h3-9,11H,10,12H2,1-2H3,(H,20,24)(H,22,25)/b21-13+. The van der Waals surface area contributed by atoms with Gasteiger partial charge in [0.25, 0.3) is 11.6 Å². The van der Waals surface area contributed by atoms with Crippen LogP contribution in [0.1, 0.15) is 29.3 Å². The molecule has 0 aliphatic carbocycles. The van der Waals surface area contributed by atoms with Crippen molar-refractivity contribution < 1.29 is 19.2 Å². The number of nitro groups is 1. The van der Waals surface area contributed by atoms with Gasteiger partial charge in [0.1, 0.15) is 5.75 Å². The van der Waals surface area contributed by atoms with Crippen molar-refractivity contribution in [2.45, 2.75) is 19.9 Å². The molecule has 9 nitrogen and oxygen atoms in total. The Labute approximate surface area is 161 Å². The Hall–Kier alpha value is -3.75. The van der Waals surface area contributed by atoms with Gasteiger partial charge in [-0.3, -0.25) is 19.7 Å². The minimum absolute atomic E-state index is 0.00533. The lowest BCUT2D eigenvalue weighted by atomic mass is 10.2. The molecular formula is C19H20N4O5. The van der Waals surface area contributed by atoms with Crippen molar-refractivity contribution in [1.29, 1.82) is 0 Å². The maximum Gasteiger partial charge on any atom is 0.271 e. The molecule has 2 aromatic rings. The fourth-order valence-electron chi connectivity index (χ4n) is 2.25. The first-order chi connectivity index (χ1) is 13.4. The van der Waals surface area contributed by atoms with Crippen molar-refractivity contribution in [3.63, 3.8) is 0 Å². The number of ether oxygens (including phenoxy) is 1. The number of non-ortho nitro benzene ring substituents is 1. The third-order valence-corrected chi connectivity index (χ3v) is 3.73. The summed E-state index contributed by atoms with van der Waals surface area (Å²) in [7, 11) is 1.58. The molecule has 2 N–H and O–H groups in total. The highest BCUT2D eigenvalue weighted by molar-refractivity contribution is 6.01. The van der Waals surface area contributed by atoms with E-state index in [9.17, 15) is 19.7 Å².